The Balaban J connectivity index is 1.39. The number of amides is 2. The summed E-state index contributed by atoms with van der Waals surface area (Å²) in [7, 11) is 1.67. The summed E-state index contributed by atoms with van der Waals surface area (Å²) in [5.74, 6) is -0.654. The first-order valence-electron chi connectivity index (χ1n) is 8.70. The molecule has 0 bridgehead atoms. The number of aromatic nitrogens is 4. The Morgan fingerprint density at radius 3 is 2.64 bits per heavy atom. The smallest absolute Gasteiger partial charge is 0.269 e. The predicted octanol–water partition coefficient (Wildman–Crippen LogP) is 2.33. The summed E-state index contributed by atoms with van der Waals surface area (Å²) in [5, 5.41) is 10.3. The average Bonchev–Trinajstić information content (AvgIpc) is 3.35. The lowest BCUT2D eigenvalue weighted by Crippen LogP contribution is -2.33. The van der Waals surface area contributed by atoms with Crippen molar-refractivity contribution in [2.75, 3.05) is 11.9 Å². The highest BCUT2D eigenvalue weighted by Crippen LogP contribution is 2.27. The van der Waals surface area contributed by atoms with Crippen LogP contribution >= 0.6 is 0 Å². The zero-order chi connectivity index (χ0) is 19.5. The van der Waals surface area contributed by atoms with Crippen LogP contribution in [0.4, 0.5) is 5.69 Å². The van der Waals surface area contributed by atoms with Crippen molar-refractivity contribution >= 4 is 28.5 Å². The summed E-state index contributed by atoms with van der Waals surface area (Å²) < 4.78 is 1.45. The van der Waals surface area contributed by atoms with Crippen molar-refractivity contribution in [3.63, 3.8) is 0 Å². The lowest BCUT2D eigenvalue weighted by molar-refractivity contribution is -0.115. The van der Waals surface area contributed by atoms with Crippen LogP contribution in [0.5, 0.6) is 0 Å². The molecule has 0 aliphatic carbocycles. The Morgan fingerprint density at radius 1 is 1.07 bits per heavy atom. The van der Waals surface area contributed by atoms with Gasteiger partial charge in [-0.05, 0) is 41.5 Å². The summed E-state index contributed by atoms with van der Waals surface area (Å²) in [6, 6.07) is 13.1. The van der Waals surface area contributed by atoms with Gasteiger partial charge >= 0.3 is 0 Å². The Morgan fingerprint density at radius 2 is 1.89 bits per heavy atom. The zero-order valence-electron chi connectivity index (χ0n) is 15.1. The van der Waals surface area contributed by atoms with Crippen LogP contribution in [0.25, 0.3) is 22.2 Å². The van der Waals surface area contributed by atoms with Crippen LogP contribution in [0, 0.1) is 0 Å². The van der Waals surface area contributed by atoms with Crippen LogP contribution in [-0.4, -0.2) is 38.1 Å². The summed E-state index contributed by atoms with van der Waals surface area (Å²) in [4.78, 5) is 31.5. The van der Waals surface area contributed by atoms with Gasteiger partial charge in [0, 0.05) is 36.7 Å². The van der Waals surface area contributed by atoms with E-state index in [2.05, 4.69) is 25.7 Å². The van der Waals surface area contributed by atoms with Gasteiger partial charge in [-0.15, -0.1) is 0 Å². The van der Waals surface area contributed by atoms with Crippen LogP contribution in [-0.2, 0) is 11.8 Å². The Kier molecular flexibility index (Phi) is 4.59. The molecule has 0 aliphatic rings. The first-order chi connectivity index (χ1) is 13.6. The maximum absolute atomic E-state index is 12.1. The van der Waals surface area contributed by atoms with Crippen LogP contribution in [0.3, 0.4) is 0 Å². The number of fused-ring (bicyclic) bond motifs is 1. The number of hydrogen-bond donors (Lipinski definition) is 3. The highest BCUT2D eigenvalue weighted by molar-refractivity contribution is 5.99. The summed E-state index contributed by atoms with van der Waals surface area (Å²) in [6.45, 7) is -0.125. The Bertz CT molecular complexity index is 1140. The molecule has 8 nitrogen and oxygen atoms in total. The highest BCUT2D eigenvalue weighted by Gasteiger charge is 2.11. The van der Waals surface area contributed by atoms with Crippen LogP contribution in [0.2, 0.25) is 0 Å². The molecule has 0 saturated heterocycles. The summed E-state index contributed by atoms with van der Waals surface area (Å²) in [6.07, 6.45) is 5.14. The minimum absolute atomic E-state index is 0.125. The van der Waals surface area contributed by atoms with E-state index in [-0.39, 0.29) is 18.4 Å². The van der Waals surface area contributed by atoms with Gasteiger partial charge in [0.15, 0.2) is 0 Å². The van der Waals surface area contributed by atoms with E-state index in [0.29, 0.717) is 11.4 Å². The first-order valence-corrected chi connectivity index (χ1v) is 8.70. The minimum Gasteiger partial charge on any atom is -0.346 e. The predicted molar refractivity (Wildman–Crippen MR) is 106 cm³/mol. The molecule has 0 radical (unpaired) electrons. The van der Waals surface area contributed by atoms with Gasteiger partial charge in [-0.1, -0.05) is 12.1 Å². The standard InChI is InChI=1S/C20H18N6O2/c1-26-17(8-11-24-26)20(28)23-12-18(27)25-14-4-2-13(3-5-14)15-6-9-21-19-16(15)7-10-22-19/h2-11H,12H2,1H3,(H,21,22)(H,23,28)(H,25,27). The van der Waals surface area contributed by atoms with Crippen molar-refractivity contribution in [3.05, 3.63) is 66.7 Å². The monoisotopic (exact) mass is 374 g/mol. The number of aryl methyl sites for hydroxylation is 1. The number of carbonyl (C=O) groups is 2. The summed E-state index contributed by atoms with van der Waals surface area (Å²) >= 11 is 0. The average molecular weight is 374 g/mol. The molecule has 140 valence electrons. The van der Waals surface area contributed by atoms with Gasteiger partial charge < -0.3 is 15.6 Å². The second-order valence-electron chi connectivity index (χ2n) is 6.25. The molecule has 8 heteroatoms. The van der Waals surface area contributed by atoms with Gasteiger partial charge in [-0.25, -0.2) is 4.98 Å². The molecular weight excluding hydrogens is 356 g/mol. The quantitative estimate of drug-likeness (QED) is 0.499. The molecule has 4 aromatic rings. The molecule has 0 saturated carbocycles. The second kappa shape index (κ2) is 7.36. The fourth-order valence-corrected chi connectivity index (χ4v) is 3.00. The van der Waals surface area contributed by atoms with Crippen molar-refractivity contribution in [1.29, 1.82) is 0 Å². The van der Waals surface area contributed by atoms with Crippen LogP contribution in [0.15, 0.2) is 61.1 Å². The van der Waals surface area contributed by atoms with E-state index < -0.39 is 0 Å². The van der Waals surface area contributed by atoms with Crippen molar-refractivity contribution in [2.45, 2.75) is 0 Å². The first kappa shape index (κ1) is 17.5. The number of hydrogen-bond acceptors (Lipinski definition) is 4. The topological polar surface area (TPSA) is 105 Å². The number of aromatic amines is 1. The number of nitrogens with one attached hydrogen (secondary N) is 3. The fraction of sp³-hybridized carbons (Fsp3) is 0.100. The SMILES string of the molecule is Cn1nccc1C(=O)NCC(=O)Nc1ccc(-c2ccnc3[nH]ccc23)cc1. The van der Waals surface area contributed by atoms with E-state index in [1.807, 2.05) is 42.6 Å². The second-order valence-corrected chi connectivity index (χ2v) is 6.25. The van der Waals surface area contributed by atoms with Crippen LogP contribution < -0.4 is 10.6 Å². The molecule has 28 heavy (non-hydrogen) atoms. The number of benzene rings is 1. The van der Waals surface area contributed by atoms with Gasteiger partial charge in [0.25, 0.3) is 5.91 Å². The largest absolute Gasteiger partial charge is 0.346 e. The van der Waals surface area contributed by atoms with Crippen molar-refractivity contribution in [1.82, 2.24) is 25.1 Å². The molecule has 2 amide bonds. The Hall–Kier alpha value is -3.94. The third-order valence-electron chi connectivity index (χ3n) is 4.40. The lowest BCUT2D eigenvalue weighted by Gasteiger charge is -2.09. The highest BCUT2D eigenvalue weighted by atomic mass is 16.2. The molecular formula is C20H18N6O2. The number of pyridine rings is 1. The molecule has 0 aliphatic heterocycles. The molecule has 3 aromatic heterocycles. The molecule has 0 spiro atoms. The third kappa shape index (κ3) is 3.48. The Labute approximate surface area is 160 Å². The number of anilines is 1. The number of nitrogens with zero attached hydrogens (tertiary/aromatic N) is 3. The van der Waals surface area contributed by atoms with Crippen molar-refractivity contribution < 1.29 is 9.59 Å². The van der Waals surface area contributed by atoms with E-state index in [0.717, 1.165) is 22.2 Å². The number of H-pyrrole nitrogens is 1. The normalized spacial score (nSPS) is 10.8. The van der Waals surface area contributed by atoms with E-state index in [9.17, 15) is 9.59 Å². The number of rotatable bonds is 5. The van der Waals surface area contributed by atoms with Gasteiger partial charge in [-0.3, -0.25) is 14.3 Å². The molecule has 1 aromatic carbocycles. The molecule has 3 N–H and O–H groups in total. The molecule has 3 heterocycles. The van der Waals surface area contributed by atoms with Crippen molar-refractivity contribution in [2.24, 2.45) is 7.05 Å². The third-order valence-corrected chi connectivity index (χ3v) is 4.40. The molecule has 4 rings (SSSR count). The van der Waals surface area contributed by atoms with Gasteiger partial charge in [0.2, 0.25) is 5.91 Å². The molecule has 0 fully saturated rings. The molecule has 0 unspecified atom stereocenters. The van der Waals surface area contributed by atoms with Gasteiger partial charge in [0.1, 0.15) is 11.3 Å². The maximum atomic E-state index is 12.1. The van der Waals surface area contributed by atoms with Crippen molar-refractivity contribution in [3.8, 4) is 11.1 Å². The van der Waals surface area contributed by atoms with Gasteiger partial charge in [-0.2, -0.15) is 5.10 Å². The van der Waals surface area contributed by atoms with E-state index in [4.69, 9.17) is 0 Å². The molecule has 0 atom stereocenters. The maximum Gasteiger partial charge on any atom is 0.269 e. The van der Waals surface area contributed by atoms with E-state index in [1.54, 1.807) is 19.3 Å². The lowest BCUT2D eigenvalue weighted by atomic mass is 10.0. The fourth-order valence-electron chi connectivity index (χ4n) is 3.00. The summed E-state index contributed by atoms with van der Waals surface area (Å²) in [5.41, 5.74) is 3.97. The van der Waals surface area contributed by atoms with E-state index >= 15 is 0 Å². The zero-order valence-corrected chi connectivity index (χ0v) is 15.1. The van der Waals surface area contributed by atoms with Crippen LogP contribution in [0.1, 0.15) is 10.5 Å². The minimum atomic E-state index is -0.348. The van der Waals surface area contributed by atoms with Gasteiger partial charge in [0.05, 0.1) is 6.54 Å². The van der Waals surface area contributed by atoms with E-state index in [1.165, 1.54) is 10.9 Å². The number of carbonyl (C=O) groups excluding carboxylic acids is 2.